The van der Waals surface area contributed by atoms with E-state index in [0.717, 1.165) is 30.4 Å². The van der Waals surface area contributed by atoms with Gasteiger partial charge >= 0.3 is 5.97 Å². The summed E-state index contributed by atoms with van der Waals surface area (Å²) in [6.07, 6.45) is 2.76. The van der Waals surface area contributed by atoms with Crippen molar-refractivity contribution in [3.8, 4) is 5.75 Å². The molecule has 0 saturated carbocycles. The second-order valence-corrected chi connectivity index (χ2v) is 9.24. The fraction of sp³-hybridized carbons (Fsp3) is 0.409. The van der Waals surface area contributed by atoms with E-state index < -0.39 is 16.0 Å². The standard InChI is InChI=1S/C22H27NO5S/c1-16-7-10-20(27-3)19(13-16)15-28-22(24)18-9-8-17(2)21(14-18)29(25,26)23-11-5-4-6-12-23/h7-10,13-14H,4-6,11-12,15H2,1-3H3. The number of hydrogen-bond donors (Lipinski definition) is 0. The monoisotopic (exact) mass is 417 g/mol. The molecule has 1 fully saturated rings. The lowest BCUT2D eigenvalue weighted by molar-refractivity contribution is 0.0470. The molecule has 1 aliphatic rings. The van der Waals surface area contributed by atoms with Crippen LogP contribution < -0.4 is 4.74 Å². The van der Waals surface area contributed by atoms with E-state index in [9.17, 15) is 13.2 Å². The second-order valence-electron chi connectivity index (χ2n) is 7.34. The summed E-state index contributed by atoms with van der Waals surface area (Å²) < 4.78 is 38.3. The van der Waals surface area contributed by atoms with Crippen molar-refractivity contribution in [2.45, 2.75) is 44.6 Å². The van der Waals surface area contributed by atoms with Crippen LogP contribution in [0.3, 0.4) is 0 Å². The van der Waals surface area contributed by atoms with Gasteiger partial charge in [-0.1, -0.05) is 24.1 Å². The molecule has 1 saturated heterocycles. The molecule has 0 aliphatic carbocycles. The van der Waals surface area contributed by atoms with Crippen molar-refractivity contribution in [3.63, 3.8) is 0 Å². The van der Waals surface area contributed by atoms with Crippen molar-refractivity contribution in [3.05, 3.63) is 58.7 Å². The maximum atomic E-state index is 13.0. The van der Waals surface area contributed by atoms with E-state index >= 15 is 0 Å². The van der Waals surface area contributed by atoms with Crippen LogP contribution in [0.1, 0.15) is 46.3 Å². The number of esters is 1. The van der Waals surface area contributed by atoms with Gasteiger partial charge in [-0.15, -0.1) is 0 Å². The van der Waals surface area contributed by atoms with Crippen molar-refractivity contribution in [2.24, 2.45) is 0 Å². The minimum absolute atomic E-state index is 0.0474. The zero-order chi connectivity index (χ0) is 21.0. The van der Waals surface area contributed by atoms with Gasteiger partial charge in [-0.05, 0) is 56.5 Å². The first-order valence-corrected chi connectivity index (χ1v) is 11.2. The van der Waals surface area contributed by atoms with Crippen molar-refractivity contribution in [2.75, 3.05) is 20.2 Å². The number of aryl methyl sites for hydroxylation is 2. The van der Waals surface area contributed by atoms with Gasteiger partial charge in [0.15, 0.2) is 0 Å². The fourth-order valence-corrected chi connectivity index (χ4v) is 5.26. The smallest absolute Gasteiger partial charge is 0.338 e. The molecule has 2 aromatic carbocycles. The zero-order valence-electron chi connectivity index (χ0n) is 17.1. The van der Waals surface area contributed by atoms with Crippen LogP contribution in [0.25, 0.3) is 0 Å². The number of carbonyl (C=O) groups excluding carboxylic acids is 1. The van der Waals surface area contributed by atoms with Crippen LogP contribution in [0.5, 0.6) is 5.75 Å². The predicted molar refractivity (Wildman–Crippen MR) is 111 cm³/mol. The molecule has 156 valence electrons. The molecule has 0 spiro atoms. The Labute approximate surface area is 172 Å². The maximum Gasteiger partial charge on any atom is 0.338 e. The average Bonchev–Trinajstić information content (AvgIpc) is 2.73. The minimum Gasteiger partial charge on any atom is -0.496 e. The molecular formula is C22H27NO5S. The summed E-state index contributed by atoms with van der Waals surface area (Å²) in [6, 6.07) is 10.3. The van der Waals surface area contributed by atoms with Gasteiger partial charge in [0.05, 0.1) is 17.6 Å². The van der Waals surface area contributed by atoms with E-state index in [0.29, 0.717) is 24.4 Å². The normalized spacial score (nSPS) is 15.1. The Morgan fingerprint density at radius 2 is 1.76 bits per heavy atom. The summed E-state index contributed by atoms with van der Waals surface area (Å²) in [4.78, 5) is 12.8. The van der Waals surface area contributed by atoms with E-state index in [-0.39, 0.29) is 17.1 Å². The molecule has 7 heteroatoms. The Balaban J connectivity index is 1.80. The topological polar surface area (TPSA) is 72.9 Å². The van der Waals surface area contributed by atoms with Gasteiger partial charge in [-0.3, -0.25) is 0 Å². The molecule has 1 heterocycles. The SMILES string of the molecule is COc1ccc(C)cc1COC(=O)c1ccc(C)c(S(=O)(=O)N2CCCCC2)c1. The van der Waals surface area contributed by atoms with Crippen LogP contribution >= 0.6 is 0 Å². The Morgan fingerprint density at radius 1 is 1.03 bits per heavy atom. The molecule has 1 aliphatic heterocycles. The van der Waals surface area contributed by atoms with Crippen LogP contribution in [0.15, 0.2) is 41.3 Å². The van der Waals surface area contributed by atoms with Gasteiger partial charge in [0, 0.05) is 18.7 Å². The molecule has 3 rings (SSSR count). The molecule has 29 heavy (non-hydrogen) atoms. The fourth-order valence-electron chi connectivity index (χ4n) is 3.50. The molecule has 0 aromatic heterocycles. The molecule has 2 aromatic rings. The third-order valence-electron chi connectivity index (χ3n) is 5.15. The predicted octanol–water partition coefficient (Wildman–Crippen LogP) is 3.84. The average molecular weight is 418 g/mol. The van der Waals surface area contributed by atoms with Gasteiger partial charge in [0.1, 0.15) is 12.4 Å². The van der Waals surface area contributed by atoms with Crippen molar-refractivity contribution >= 4 is 16.0 Å². The number of carbonyl (C=O) groups is 1. The van der Waals surface area contributed by atoms with Crippen LogP contribution in [-0.4, -0.2) is 38.9 Å². The first kappa shape index (κ1) is 21.3. The number of nitrogens with zero attached hydrogens (tertiary/aromatic N) is 1. The van der Waals surface area contributed by atoms with Gasteiger partial charge in [-0.25, -0.2) is 13.2 Å². The molecule has 6 nitrogen and oxygen atoms in total. The highest BCUT2D eigenvalue weighted by Crippen LogP contribution is 2.25. The summed E-state index contributed by atoms with van der Waals surface area (Å²) in [5, 5.41) is 0. The Bertz CT molecular complexity index is 994. The van der Waals surface area contributed by atoms with E-state index in [1.807, 2.05) is 25.1 Å². The van der Waals surface area contributed by atoms with Crippen LogP contribution in [0.4, 0.5) is 0 Å². The number of sulfonamides is 1. The van der Waals surface area contributed by atoms with Gasteiger partial charge in [0.2, 0.25) is 10.0 Å². The summed E-state index contributed by atoms with van der Waals surface area (Å²) in [7, 11) is -2.06. The molecule has 0 amide bonds. The Kier molecular flexibility index (Phi) is 6.59. The number of methoxy groups -OCH3 is 1. The van der Waals surface area contributed by atoms with E-state index in [4.69, 9.17) is 9.47 Å². The van der Waals surface area contributed by atoms with E-state index in [1.54, 1.807) is 26.2 Å². The lowest BCUT2D eigenvalue weighted by Gasteiger charge is -2.26. The molecule has 0 radical (unpaired) electrons. The van der Waals surface area contributed by atoms with Crippen molar-refractivity contribution in [1.82, 2.24) is 4.31 Å². The lowest BCUT2D eigenvalue weighted by Crippen LogP contribution is -2.36. The Morgan fingerprint density at radius 3 is 2.45 bits per heavy atom. The van der Waals surface area contributed by atoms with E-state index in [1.165, 1.54) is 10.4 Å². The minimum atomic E-state index is -3.63. The second kappa shape index (κ2) is 8.97. The number of ether oxygens (including phenoxy) is 2. The number of hydrogen-bond acceptors (Lipinski definition) is 5. The van der Waals surface area contributed by atoms with Crippen LogP contribution in [0, 0.1) is 13.8 Å². The first-order valence-electron chi connectivity index (χ1n) is 9.74. The first-order chi connectivity index (χ1) is 13.8. The Hall–Kier alpha value is -2.38. The van der Waals surface area contributed by atoms with E-state index in [2.05, 4.69) is 0 Å². The molecule has 0 unspecified atom stereocenters. The summed E-state index contributed by atoms with van der Waals surface area (Å²) in [6.45, 7) is 4.77. The highest BCUT2D eigenvalue weighted by atomic mass is 32.2. The summed E-state index contributed by atoms with van der Waals surface area (Å²) in [5.74, 6) is 0.0734. The number of piperidine rings is 1. The van der Waals surface area contributed by atoms with Gasteiger partial charge in [0.25, 0.3) is 0 Å². The maximum absolute atomic E-state index is 13.0. The summed E-state index contributed by atoms with van der Waals surface area (Å²) >= 11 is 0. The molecule has 0 N–H and O–H groups in total. The van der Waals surface area contributed by atoms with Gasteiger partial charge in [-0.2, -0.15) is 4.31 Å². The van der Waals surface area contributed by atoms with Crippen molar-refractivity contribution in [1.29, 1.82) is 0 Å². The molecular weight excluding hydrogens is 390 g/mol. The molecule has 0 atom stereocenters. The van der Waals surface area contributed by atoms with Crippen LogP contribution in [-0.2, 0) is 21.4 Å². The van der Waals surface area contributed by atoms with Crippen LogP contribution in [0.2, 0.25) is 0 Å². The third-order valence-corrected chi connectivity index (χ3v) is 7.19. The zero-order valence-corrected chi connectivity index (χ0v) is 17.9. The third kappa shape index (κ3) is 4.79. The largest absolute Gasteiger partial charge is 0.496 e. The summed E-state index contributed by atoms with van der Waals surface area (Å²) in [5.41, 5.74) is 2.63. The number of rotatable bonds is 6. The lowest BCUT2D eigenvalue weighted by atomic mass is 10.1. The highest BCUT2D eigenvalue weighted by Gasteiger charge is 2.28. The highest BCUT2D eigenvalue weighted by molar-refractivity contribution is 7.89. The van der Waals surface area contributed by atoms with Crippen molar-refractivity contribution < 1.29 is 22.7 Å². The number of benzene rings is 2. The quantitative estimate of drug-likeness (QED) is 0.668. The molecule has 0 bridgehead atoms. The van der Waals surface area contributed by atoms with Gasteiger partial charge < -0.3 is 9.47 Å².